The van der Waals surface area contributed by atoms with E-state index in [-0.39, 0.29) is 0 Å². The molecule has 2 aromatic heterocycles. The van der Waals surface area contributed by atoms with E-state index >= 15 is 0 Å². The van der Waals surface area contributed by atoms with Crippen LogP contribution in [0, 0.1) is 6.92 Å². The molecule has 16 heavy (non-hydrogen) atoms. The van der Waals surface area contributed by atoms with Gasteiger partial charge in [-0.3, -0.25) is 0 Å². The van der Waals surface area contributed by atoms with Crippen molar-refractivity contribution in [3.8, 4) is 0 Å². The number of hydrogen-bond donors (Lipinski definition) is 1. The van der Waals surface area contributed by atoms with Crippen molar-refractivity contribution in [1.82, 2.24) is 15.0 Å². The maximum Gasteiger partial charge on any atom is 0.177 e. The van der Waals surface area contributed by atoms with Gasteiger partial charge in [-0.2, -0.15) is 0 Å². The SMILES string of the molecule is CCCOCCc1nc2nc(C)ccc2[nH]1. The van der Waals surface area contributed by atoms with Crippen LogP contribution in [0.25, 0.3) is 11.2 Å². The number of hydrogen-bond acceptors (Lipinski definition) is 3. The van der Waals surface area contributed by atoms with E-state index in [1.165, 1.54) is 0 Å². The maximum atomic E-state index is 5.43. The van der Waals surface area contributed by atoms with Gasteiger partial charge in [0.25, 0.3) is 0 Å². The summed E-state index contributed by atoms with van der Waals surface area (Å²) in [5, 5.41) is 0. The van der Waals surface area contributed by atoms with Crippen LogP contribution in [0.15, 0.2) is 12.1 Å². The summed E-state index contributed by atoms with van der Waals surface area (Å²) in [6, 6.07) is 4.00. The molecular formula is C12H17N3O. The molecule has 0 bridgehead atoms. The lowest BCUT2D eigenvalue weighted by Gasteiger charge is -1.98. The van der Waals surface area contributed by atoms with Gasteiger partial charge >= 0.3 is 0 Å². The van der Waals surface area contributed by atoms with Gasteiger partial charge in [-0.15, -0.1) is 0 Å². The van der Waals surface area contributed by atoms with Gasteiger partial charge in [-0.05, 0) is 25.5 Å². The molecule has 0 spiro atoms. The van der Waals surface area contributed by atoms with Crippen LogP contribution in [0.2, 0.25) is 0 Å². The van der Waals surface area contributed by atoms with E-state index in [0.717, 1.165) is 42.1 Å². The van der Waals surface area contributed by atoms with Gasteiger partial charge in [0, 0.05) is 18.7 Å². The van der Waals surface area contributed by atoms with Crippen molar-refractivity contribution >= 4 is 11.2 Å². The first-order valence-corrected chi connectivity index (χ1v) is 5.69. The van der Waals surface area contributed by atoms with Crippen LogP contribution in [-0.4, -0.2) is 28.2 Å². The highest BCUT2D eigenvalue weighted by Crippen LogP contribution is 2.09. The first-order chi connectivity index (χ1) is 7.79. The van der Waals surface area contributed by atoms with Gasteiger partial charge in [0.2, 0.25) is 0 Å². The minimum atomic E-state index is 0.715. The summed E-state index contributed by atoms with van der Waals surface area (Å²) in [6.07, 6.45) is 1.87. The Hall–Kier alpha value is -1.42. The molecule has 0 atom stereocenters. The Bertz CT molecular complexity index is 464. The fourth-order valence-corrected chi connectivity index (χ4v) is 1.57. The van der Waals surface area contributed by atoms with Crippen LogP contribution in [0.5, 0.6) is 0 Å². The number of pyridine rings is 1. The van der Waals surface area contributed by atoms with Crippen LogP contribution < -0.4 is 0 Å². The molecule has 2 aromatic rings. The Balaban J connectivity index is 2.02. The third-order valence-electron chi connectivity index (χ3n) is 2.37. The molecule has 0 amide bonds. The Morgan fingerprint density at radius 3 is 2.94 bits per heavy atom. The first-order valence-electron chi connectivity index (χ1n) is 5.69. The van der Waals surface area contributed by atoms with E-state index in [4.69, 9.17) is 4.74 Å². The highest BCUT2D eigenvalue weighted by molar-refractivity contribution is 5.70. The molecule has 0 saturated heterocycles. The molecule has 86 valence electrons. The second-order valence-electron chi connectivity index (χ2n) is 3.87. The first kappa shape index (κ1) is 11.1. The van der Waals surface area contributed by atoms with Crippen LogP contribution in [0.4, 0.5) is 0 Å². The number of aromatic nitrogens is 3. The number of H-pyrrole nitrogens is 1. The second-order valence-corrected chi connectivity index (χ2v) is 3.87. The zero-order valence-electron chi connectivity index (χ0n) is 9.79. The molecule has 4 heteroatoms. The summed E-state index contributed by atoms with van der Waals surface area (Å²) in [5.41, 5.74) is 2.79. The van der Waals surface area contributed by atoms with Gasteiger partial charge < -0.3 is 9.72 Å². The van der Waals surface area contributed by atoms with E-state index in [2.05, 4.69) is 21.9 Å². The van der Waals surface area contributed by atoms with E-state index in [0.29, 0.717) is 6.61 Å². The van der Waals surface area contributed by atoms with Gasteiger partial charge in [-0.1, -0.05) is 6.92 Å². The number of imidazole rings is 1. The molecule has 0 unspecified atom stereocenters. The van der Waals surface area contributed by atoms with E-state index in [1.54, 1.807) is 0 Å². The van der Waals surface area contributed by atoms with Gasteiger partial charge in [0.1, 0.15) is 5.82 Å². The Morgan fingerprint density at radius 1 is 1.25 bits per heavy atom. The normalized spacial score (nSPS) is 11.1. The van der Waals surface area contributed by atoms with Crippen molar-refractivity contribution in [1.29, 1.82) is 0 Å². The number of nitrogens with zero attached hydrogens (tertiary/aromatic N) is 2. The third-order valence-corrected chi connectivity index (χ3v) is 2.37. The molecule has 0 aromatic carbocycles. The summed E-state index contributed by atoms with van der Waals surface area (Å²) < 4.78 is 5.43. The molecule has 4 nitrogen and oxygen atoms in total. The standard InChI is InChI=1S/C12H17N3O/c1-3-7-16-8-6-11-14-10-5-4-9(2)13-12(10)15-11/h4-5H,3,6-8H2,1-2H3,(H,13,14,15). The number of ether oxygens (including phenoxy) is 1. The minimum Gasteiger partial charge on any atom is -0.381 e. The topological polar surface area (TPSA) is 50.8 Å². The van der Waals surface area contributed by atoms with E-state index in [1.807, 2.05) is 19.1 Å². The zero-order chi connectivity index (χ0) is 11.4. The lowest BCUT2D eigenvalue weighted by atomic mass is 10.3. The van der Waals surface area contributed by atoms with E-state index in [9.17, 15) is 0 Å². The molecule has 0 aliphatic rings. The maximum absolute atomic E-state index is 5.43. The van der Waals surface area contributed by atoms with Crippen molar-refractivity contribution in [3.63, 3.8) is 0 Å². The Morgan fingerprint density at radius 2 is 2.12 bits per heavy atom. The summed E-state index contributed by atoms with van der Waals surface area (Å²) in [7, 11) is 0. The molecule has 0 aliphatic carbocycles. The van der Waals surface area contributed by atoms with Gasteiger partial charge in [-0.25, -0.2) is 9.97 Å². The van der Waals surface area contributed by atoms with Gasteiger partial charge in [0.15, 0.2) is 5.65 Å². The summed E-state index contributed by atoms with van der Waals surface area (Å²) in [5.74, 6) is 0.948. The predicted octanol–water partition coefficient (Wildman–Crippen LogP) is 2.24. The fourth-order valence-electron chi connectivity index (χ4n) is 1.57. The molecule has 0 radical (unpaired) electrons. The molecule has 0 aliphatic heterocycles. The Kier molecular flexibility index (Phi) is 3.51. The lowest BCUT2D eigenvalue weighted by molar-refractivity contribution is 0.137. The van der Waals surface area contributed by atoms with Crippen molar-refractivity contribution in [2.75, 3.05) is 13.2 Å². The minimum absolute atomic E-state index is 0.715. The molecule has 0 fully saturated rings. The lowest BCUT2D eigenvalue weighted by Crippen LogP contribution is -2.00. The quantitative estimate of drug-likeness (QED) is 0.784. The second kappa shape index (κ2) is 5.07. The number of aromatic amines is 1. The van der Waals surface area contributed by atoms with Crippen molar-refractivity contribution < 1.29 is 4.74 Å². The van der Waals surface area contributed by atoms with Crippen LogP contribution in [0.3, 0.4) is 0 Å². The molecular weight excluding hydrogens is 202 g/mol. The third kappa shape index (κ3) is 2.58. The fraction of sp³-hybridized carbons (Fsp3) is 0.500. The summed E-state index contributed by atoms with van der Waals surface area (Å²) in [4.78, 5) is 12.0. The van der Waals surface area contributed by atoms with Crippen LogP contribution >= 0.6 is 0 Å². The average molecular weight is 219 g/mol. The number of nitrogens with one attached hydrogen (secondary N) is 1. The molecule has 1 N–H and O–H groups in total. The number of fused-ring (bicyclic) bond motifs is 1. The van der Waals surface area contributed by atoms with Gasteiger partial charge in [0.05, 0.1) is 12.1 Å². The predicted molar refractivity (Wildman–Crippen MR) is 63.4 cm³/mol. The van der Waals surface area contributed by atoms with Crippen LogP contribution in [0.1, 0.15) is 24.9 Å². The number of rotatable bonds is 5. The van der Waals surface area contributed by atoms with Crippen LogP contribution in [-0.2, 0) is 11.2 Å². The Labute approximate surface area is 95.1 Å². The van der Waals surface area contributed by atoms with Crippen molar-refractivity contribution in [3.05, 3.63) is 23.7 Å². The van der Waals surface area contributed by atoms with Crippen molar-refractivity contribution in [2.45, 2.75) is 26.7 Å². The molecule has 2 rings (SSSR count). The summed E-state index contributed by atoms with van der Waals surface area (Å²) >= 11 is 0. The largest absolute Gasteiger partial charge is 0.381 e. The highest BCUT2D eigenvalue weighted by Gasteiger charge is 2.03. The van der Waals surface area contributed by atoms with Crippen molar-refractivity contribution in [2.24, 2.45) is 0 Å². The highest BCUT2D eigenvalue weighted by atomic mass is 16.5. The van der Waals surface area contributed by atoms with E-state index < -0.39 is 0 Å². The zero-order valence-corrected chi connectivity index (χ0v) is 9.79. The average Bonchev–Trinajstić information content (AvgIpc) is 2.66. The number of aryl methyl sites for hydroxylation is 1. The monoisotopic (exact) mass is 219 g/mol. The molecule has 0 saturated carbocycles. The smallest absolute Gasteiger partial charge is 0.177 e. The summed E-state index contributed by atoms with van der Waals surface area (Å²) in [6.45, 7) is 5.61. The molecule has 2 heterocycles.